The summed E-state index contributed by atoms with van der Waals surface area (Å²) in [6, 6.07) is -0.356. The average Bonchev–Trinajstić information content (AvgIpc) is 3.23. The van der Waals surface area contributed by atoms with Crippen LogP contribution in [0.2, 0.25) is 0 Å². The van der Waals surface area contributed by atoms with E-state index in [2.05, 4.69) is 0 Å². The van der Waals surface area contributed by atoms with Crippen LogP contribution in [0, 0.1) is 11.8 Å². The predicted molar refractivity (Wildman–Crippen MR) is 97.9 cm³/mol. The van der Waals surface area contributed by atoms with Crippen LogP contribution < -0.4 is 9.51 Å². The van der Waals surface area contributed by atoms with E-state index in [4.69, 9.17) is 4.74 Å². The van der Waals surface area contributed by atoms with Gasteiger partial charge in [0.2, 0.25) is 17.1 Å². The number of nitrogens with zero attached hydrogens (tertiary/aromatic N) is 3. The van der Waals surface area contributed by atoms with Crippen molar-refractivity contribution in [3.05, 3.63) is 34.9 Å². The summed E-state index contributed by atoms with van der Waals surface area (Å²) in [5.74, 6) is -2.89. The molecule has 154 valence electrons. The summed E-state index contributed by atoms with van der Waals surface area (Å²) in [6.45, 7) is 5.29. The Morgan fingerprint density at radius 3 is 2.76 bits per heavy atom. The van der Waals surface area contributed by atoms with Crippen molar-refractivity contribution in [3.8, 4) is 0 Å². The number of thiazole rings is 1. The molecule has 1 amide bonds. The number of hydrogen-bond donors (Lipinski definition) is 1. The van der Waals surface area contributed by atoms with Gasteiger partial charge in [-0.3, -0.25) is 9.59 Å². The fraction of sp³-hybridized carbons (Fsp3) is 0.474. The number of fused-ring (bicyclic) bond motifs is 2. The minimum Gasteiger partial charge on any atom is -0.543 e. The largest absolute Gasteiger partial charge is 0.543 e. The highest BCUT2D eigenvalue weighted by Crippen LogP contribution is 2.47. The highest BCUT2D eigenvalue weighted by Gasteiger charge is 2.58. The molecule has 0 saturated carbocycles. The molecular weight excluding hydrogens is 398 g/mol. The molecule has 10 heteroatoms. The Morgan fingerprint density at radius 2 is 2.17 bits per heavy atom. The first kappa shape index (κ1) is 19.6. The molecule has 0 aromatic carbocycles. The molecular formula is C19H21N3O6S. The first-order valence-electron chi connectivity index (χ1n) is 9.27. The smallest absolute Gasteiger partial charge is 0.302 e. The number of carbonyl (C=O) groups excluding carboxylic acids is 3. The molecule has 2 aromatic rings. The van der Waals surface area contributed by atoms with Crippen LogP contribution in [-0.2, 0) is 32.3 Å². The molecule has 2 aliphatic heterocycles. The van der Waals surface area contributed by atoms with Crippen molar-refractivity contribution in [2.75, 3.05) is 0 Å². The predicted octanol–water partition coefficient (Wildman–Crippen LogP) is -0.787. The molecule has 0 bridgehead atoms. The lowest BCUT2D eigenvalue weighted by atomic mass is 9.78. The molecule has 1 fully saturated rings. The monoisotopic (exact) mass is 419 g/mol. The van der Waals surface area contributed by atoms with E-state index >= 15 is 0 Å². The van der Waals surface area contributed by atoms with E-state index in [1.54, 1.807) is 6.92 Å². The number of amides is 1. The van der Waals surface area contributed by atoms with Crippen LogP contribution in [0.5, 0.6) is 0 Å². The van der Waals surface area contributed by atoms with Crippen LogP contribution in [0.1, 0.15) is 25.6 Å². The molecule has 29 heavy (non-hydrogen) atoms. The SMILES string of the molecule is CC(=O)OCc1c[n+]2cn(CC3=C(C(=O)[O-])N4C(=O)[C@H]([C@@H](C)O)[C@H]4[C@H]3C)cc2s1. The third-order valence-electron chi connectivity index (χ3n) is 5.60. The fourth-order valence-corrected chi connectivity index (χ4v) is 5.26. The zero-order valence-corrected chi connectivity index (χ0v) is 17.0. The van der Waals surface area contributed by atoms with Gasteiger partial charge in [0.1, 0.15) is 25.5 Å². The first-order valence-corrected chi connectivity index (χ1v) is 10.1. The second-order valence-corrected chi connectivity index (χ2v) is 8.70. The number of imidazole rings is 1. The number of rotatable bonds is 6. The van der Waals surface area contributed by atoms with Gasteiger partial charge in [0.15, 0.2) is 0 Å². The van der Waals surface area contributed by atoms with Crippen LogP contribution in [0.15, 0.2) is 30.0 Å². The molecule has 4 heterocycles. The van der Waals surface area contributed by atoms with Crippen molar-refractivity contribution < 1.29 is 33.7 Å². The minimum atomic E-state index is -1.38. The molecule has 2 aromatic heterocycles. The number of aliphatic hydroxyl groups is 1. The molecule has 4 rings (SSSR count). The number of aromatic nitrogens is 2. The lowest BCUT2D eigenvalue weighted by molar-refractivity contribution is -0.508. The number of aliphatic carboxylic acids is 1. The third kappa shape index (κ3) is 3.12. The van der Waals surface area contributed by atoms with Crippen molar-refractivity contribution in [1.82, 2.24) is 9.47 Å². The quantitative estimate of drug-likeness (QED) is 0.373. The summed E-state index contributed by atoms with van der Waals surface area (Å²) in [5.41, 5.74) is 0.525. The maximum absolute atomic E-state index is 12.4. The zero-order chi connectivity index (χ0) is 21.0. The van der Waals surface area contributed by atoms with Gasteiger partial charge in [-0.15, -0.1) is 0 Å². The van der Waals surface area contributed by atoms with E-state index in [1.807, 2.05) is 34.6 Å². The summed E-state index contributed by atoms with van der Waals surface area (Å²) in [4.78, 5) is 38.2. The number of carboxylic acids is 1. The lowest BCUT2D eigenvalue weighted by Gasteiger charge is -2.47. The Labute approximate surface area is 170 Å². The topological polar surface area (TPSA) is 116 Å². The number of ether oxygens (including phenoxy) is 1. The highest BCUT2D eigenvalue weighted by atomic mass is 32.1. The van der Waals surface area contributed by atoms with Crippen LogP contribution in [-0.4, -0.2) is 44.6 Å². The molecule has 4 atom stereocenters. The Hall–Kier alpha value is -2.72. The molecule has 2 aliphatic rings. The Balaban J connectivity index is 1.59. The summed E-state index contributed by atoms with van der Waals surface area (Å²) in [6.07, 6.45) is 4.71. The first-order chi connectivity index (χ1) is 13.7. The van der Waals surface area contributed by atoms with Gasteiger partial charge < -0.3 is 24.6 Å². The molecule has 1 saturated heterocycles. The van der Waals surface area contributed by atoms with Gasteiger partial charge in [-0.05, 0) is 6.92 Å². The van der Waals surface area contributed by atoms with E-state index in [0.717, 1.165) is 9.71 Å². The Kier molecular flexibility index (Phi) is 4.70. The van der Waals surface area contributed by atoms with Crippen molar-refractivity contribution in [2.24, 2.45) is 11.8 Å². The van der Waals surface area contributed by atoms with E-state index in [0.29, 0.717) is 12.1 Å². The van der Waals surface area contributed by atoms with E-state index in [1.165, 1.54) is 23.2 Å². The molecule has 0 spiro atoms. The second-order valence-electron chi connectivity index (χ2n) is 7.56. The van der Waals surface area contributed by atoms with Gasteiger partial charge in [-0.25, -0.2) is 4.57 Å². The standard InChI is InChI=1S/C19H21N3O6S/c1-9-13(17(19(26)27)22-16(9)15(10(2)23)18(22)25)5-20-6-14-21(8-20)4-12(29-14)7-28-11(3)24/h4,6,8-10,15-16,23H,5,7H2,1-3H3/t9-,10+,15+,16+/m0/s1. The van der Waals surface area contributed by atoms with E-state index in [-0.39, 0.29) is 36.1 Å². The number of carbonyl (C=O) groups is 3. The summed E-state index contributed by atoms with van der Waals surface area (Å²) in [7, 11) is 0. The van der Waals surface area contributed by atoms with Crippen molar-refractivity contribution >= 4 is 34.0 Å². The molecule has 1 N–H and O–H groups in total. The van der Waals surface area contributed by atoms with Crippen LogP contribution in [0.3, 0.4) is 0 Å². The van der Waals surface area contributed by atoms with Crippen molar-refractivity contribution in [2.45, 2.75) is 46.1 Å². The number of carboxylic acid groups (broad SMARTS) is 1. The zero-order valence-electron chi connectivity index (χ0n) is 16.2. The third-order valence-corrected chi connectivity index (χ3v) is 6.61. The van der Waals surface area contributed by atoms with Gasteiger partial charge in [-0.2, -0.15) is 4.40 Å². The Bertz CT molecular complexity index is 1020. The molecule has 9 nitrogen and oxygen atoms in total. The molecule has 0 radical (unpaired) electrons. The fourth-order valence-electron chi connectivity index (χ4n) is 4.32. The maximum Gasteiger partial charge on any atom is 0.302 e. The van der Waals surface area contributed by atoms with E-state index < -0.39 is 18.0 Å². The summed E-state index contributed by atoms with van der Waals surface area (Å²) >= 11 is 1.47. The number of hydrogen-bond acceptors (Lipinski definition) is 7. The van der Waals surface area contributed by atoms with Crippen LogP contribution in [0.4, 0.5) is 0 Å². The second kappa shape index (κ2) is 6.96. The lowest BCUT2D eigenvalue weighted by Crippen LogP contribution is -2.64. The highest BCUT2D eigenvalue weighted by molar-refractivity contribution is 7.16. The van der Waals surface area contributed by atoms with Gasteiger partial charge in [0.05, 0.1) is 34.6 Å². The van der Waals surface area contributed by atoms with Gasteiger partial charge in [0.25, 0.3) is 0 Å². The summed E-state index contributed by atoms with van der Waals surface area (Å²) < 4.78 is 8.73. The van der Waals surface area contributed by atoms with Gasteiger partial charge in [-0.1, -0.05) is 18.3 Å². The normalized spacial score (nSPS) is 24.6. The van der Waals surface area contributed by atoms with Crippen molar-refractivity contribution in [3.63, 3.8) is 0 Å². The summed E-state index contributed by atoms with van der Waals surface area (Å²) in [5, 5.41) is 21.7. The van der Waals surface area contributed by atoms with Gasteiger partial charge >= 0.3 is 5.97 Å². The number of β-lactam (4-membered cyclic amide) rings is 1. The molecule has 0 aliphatic carbocycles. The Morgan fingerprint density at radius 1 is 1.45 bits per heavy atom. The maximum atomic E-state index is 12.4. The number of esters is 1. The van der Waals surface area contributed by atoms with Gasteiger partial charge in [0, 0.05) is 18.4 Å². The van der Waals surface area contributed by atoms with Crippen LogP contribution >= 0.6 is 11.3 Å². The van der Waals surface area contributed by atoms with E-state index in [9.17, 15) is 24.6 Å². The minimum absolute atomic E-state index is 0.0815. The number of aliphatic hydroxyl groups excluding tert-OH is 1. The van der Waals surface area contributed by atoms with Crippen molar-refractivity contribution in [1.29, 1.82) is 0 Å². The van der Waals surface area contributed by atoms with Crippen LogP contribution in [0.25, 0.3) is 4.83 Å². The average molecular weight is 419 g/mol. The molecule has 0 unspecified atom stereocenters.